The first-order valence-corrected chi connectivity index (χ1v) is 9.53. The highest BCUT2D eigenvalue weighted by Gasteiger charge is 2.36. The van der Waals surface area contributed by atoms with E-state index >= 15 is 0 Å². The van der Waals surface area contributed by atoms with Crippen LogP contribution in [0, 0.1) is 6.92 Å². The van der Waals surface area contributed by atoms with Crippen LogP contribution in [0.4, 0.5) is 0 Å². The van der Waals surface area contributed by atoms with E-state index in [1.807, 2.05) is 0 Å². The monoisotopic (exact) mass is 351 g/mol. The standard InChI is InChI=1S/C19H25N7/c1-11-3-2-4-15-18(11)23-16(22-15)9-21-10-17-24-25-19(12-7-13(20)8-12)26(17)14-5-6-14/h2-4,12-14,21H,5-10,20H2,1H3,(H,22,23). The molecule has 2 saturated carbocycles. The maximum Gasteiger partial charge on any atom is 0.147 e. The molecule has 0 aliphatic heterocycles. The first-order valence-electron chi connectivity index (χ1n) is 9.53. The molecular formula is C19H25N7. The Morgan fingerprint density at radius 2 is 2.08 bits per heavy atom. The summed E-state index contributed by atoms with van der Waals surface area (Å²) in [5, 5.41) is 12.4. The van der Waals surface area contributed by atoms with Gasteiger partial charge < -0.3 is 20.6 Å². The van der Waals surface area contributed by atoms with Crippen molar-refractivity contribution in [3.8, 4) is 0 Å². The number of nitrogens with two attached hydrogens (primary N) is 1. The minimum atomic E-state index is 0.336. The van der Waals surface area contributed by atoms with Gasteiger partial charge in [-0.2, -0.15) is 0 Å². The van der Waals surface area contributed by atoms with Crippen molar-refractivity contribution in [2.45, 2.75) is 63.7 Å². The van der Waals surface area contributed by atoms with E-state index in [9.17, 15) is 0 Å². The van der Waals surface area contributed by atoms with Crippen molar-refractivity contribution in [2.75, 3.05) is 0 Å². The number of H-pyrrole nitrogens is 1. The Hall–Kier alpha value is -2.25. The third-order valence-corrected chi connectivity index (χ3v) is 5.58. The molecule has 2 aliphatic rings. The molecule has 2 heterocycles. The Kier molecular flexibility index (Phi) is 3.79. The van der Waals surface area contributed by atoms with Crippen molar-refractivity contribution in [3.63, 3.8) is 0 Å². The van der Waals surface area contributed by atoms with Gasteiger partial charge in [0.15, 0.2) is 0 Å². The number of nitrogens with zero attached hydrogens (tertiary/aromatic N) is 4. The molecule has 0 amide bonds. The summed E-state index contributed by atoms with van der Waals surface area (Å²) in [5.41, 5.74) is 9.30. The Morgan fingerprint density at radius 3 is 2.81 bits per heavy atom. The molecule has 7 nitrogen and oxygen atoms in total. The van der Waals surface area contributed by atoms with Gasteiger partial charge in [0.05, 0.1) is 24.1 Å². The molecular weight excluding hydrogens is 326 g/mol. The molecule has 2 aromatic heterocycles. The Morgan fingerprint density at radius 1 is 1.23 bits per heavy atom. The maximum atomic E-state index is 5.96. The van der Waals surface area contributed by atoms with Crippen LogP contribution in [0.1, 0.15) is 60.7 Å². The highest BCUT2D eigenvalue weighted by Crippen LogP contribution is 2.42. The zero-order chi connectivity index (χ0) is 17.7. The molecule has 3 aromatic rings. The lowest BCUT2D eigenvalue weighted by Crippen LogP contribution is -2.36. The van der Waals surface area contributed by atoms with E-state index in [4.69, 9.17) is 10.7 Å². The summed E-state index contributed by atoms with van der Waals surface area (Å²) >= 11 is 0. The van der Waals surface area contributed by atoms with Gasteiger partial charge in [-0.05, 0) is 44.2 Å². The zero-order valence-electron chi connectivity index (χ0n) is 15.1. The molecule has 0 unspecified atom stereocenters. The fourth-order valence-electron chi connectivity index (χ4n) is 3.94. The highest BCUT2D eigenvalue weighted by atomic mass is 15.3. The Bertz CT molecular complexity index is 931. The lowest BCUT2D eigenvalue weighted by molar-refractivity contribution is 0.327. The fraction of sp³-hybridized carbons (Fsp3) is 0.526. The largest absolute Gasteiger partial charge is 0.341 e. The van der Waals surface area contributed by atoms with Gasteiger partial charge in [-0.25, -0.2) is 4.98 Å². The van der Waals surface area contributed by atoms with E-state index in [0.29, 0.717) is 31.1 Å². The Labute approximate surface area is 152 Å². The Balaban J connectivity index is 1.28. The summed E-state index contributed by atoms with van der Waals surface area (Å²) in [6, 6.07) is 7.13. The predicted octanol–water partition coefficient (Wildman–Crippen LogP) is 2.29. The second-order valence-corrected chi connectivity index (χ2v) is 7.76. The van der Waals surface area contributed by atoms with E-state index in [1.165, 1.54) is 18.4 Å². The number of nitrogens with one attached hydrogen (secondary N) is 2. The van der Waals surface area contributed by atoms with Crippen LogP contribution in [0.2, 0.25) is 0 Å². The van der Waals surface area contributed by atoms with Crippen molar-refractivity contribution in [1.82, 2.24) is 30.0 Å². The summed E-state index contributed by atoms with van der Waals surface area (Å²) in [7, 11) is 0. The number of aromatic nitrogens is 5. The van der Waals surface area contributed by atoms with Gasteiger partial charge in [-0.3, -0.25) is 0 Å². The topological polar surface area (TPSA) is 97.4 Å². The SMILES string of the molecule is Cc1cccc2[nH]c(CNCc3nnc(C4CC(N)C4)n3C3CC3)nc12. The van der Waals surface area contributed by atoms with E-state index < -0.39 is 0 Å². The van der Waals surface area contributed by atoms with Crippen LogP contribution >= 0.6 is 0 Å². The average molecular weight is 351 g/mol. The van der Waals surface area contributed by atoms with Gasteiger partial charge in [0, 0.05) is 18.0 Å². The number of fused-ring (bicyclic) bond motifs is 1. The minimum Gasteiger partial charge on any atom is -0.341 e. The van der Waals surface area contributed by atoms with E-state index in [1.54, 1.807) is 0 Å². The predicted molar refractivity (Wildman–Crippen MR) is 99.6 cm³/mol. The van der Waals surface area contributed by atoms with Gasteiger partial charge in [0.25, 0.3) is 0 Å². The molecule has 136 valence electrons. The molecule has 0 spiro atoms. The highest BCUT2D eigenvalue weighted by molar-refractivity contribution is 5.78. The van der Waals surface area contributed by atoms with Crippen LogP contribution < -0.4 is 11.1 Å². The molecule has 2 fully saturated rings. The van der Waals surface area contributed by atoms with Crippen LogP contribution in [-0.4, -0.2) is 30.8 Å². The number of benzene rings is 1. The summed E-state index contributed by atoms with van der Waals surface area (Å²) in [6.45, 7) is 3.49. The zero-order valence-corrected chi connectivity index (χ0v) is 15.1. The lowest BCUT2D eigenvalue weighted by Gasteiger charge is -2.31. The van der Waals surface area contributed by atoms with Gasteiger partial charge >= 0.3 is 0 Å². The van der Waals surface area contributed by atoms with Gasteiger partial charge in [0.2, 0.25) is 0 Å². The number of rotatable bonds is 6. The number of aromatic amines is 1. The molecule has 0 radical (unpaired) electrons. The van der Waals surface area contributed by atoms with Crippen LogP contribution in [-0.2, 0) is 13.1 Å². The number of imidazole rings is 1. The number of aryl methyl sites for hydroxylation is 1. The third kappa shape index (κ3) is 2.81. The fourth-order valence-corrected chi connectivity index (χ4v) is 3.94. The van der Waals surface area contributed by atoms with Crippen molar-refractivity contribution in [1.29, 1.82) is 0 Å². The molecule has 0 saturated heterocycles. The first kappa shape index (κ1) is 16.0. The summed E-state index contributed by atoms with van der Waals surface area (Å²) in [4.78, 5) is 8.09. The second-order valence-electron chi connectivity index (χ2n) is 7.76. The number of hydrogen-bond acceptors (Lipinski definition) is 5. The van der Waals surface area contributed by atoms with Crippen molar-refractivity contribution >= 4 is 11.0 Å². The lowest BCUT2D eigenvalue weighted by atomic mass is 9.80. The third-order valence-electron chi connectivity index (χ3n) is 5.58. The van der Waals surface area contributed by atoms with E-state index in [2.05, 4.69) is 50.2 Å². The molecule has 1 aromatic carbocycles. The first-order chi connectivity index (χ1) is 12.7. The van der Waals surface area contributed by atoms with Crippen LogP contribution in [0.5, 0.6) is 0 Å². The van der Waals surface area contributed by atoms with Crippen LogP contribution in [0.3, 0.4) is 0 Å². The summed E-state index contributed by atoms with van der Waals surface area (Å²) in [5.74, 6) is 3.63. The summed E-state index contributed by atoms with van der Waals surface area (Å²) < 4.78 is 2.37. The van der Waals surface area contributed by atoms with Gasteiger partial charge in [0.1, 0.15) is 17.5 Å². The van der Waals surface area contributed by atoms with Crippen LogP contribution in [0.25, 0.3) is 11.0 Å². The number of para-hydroxylation sites is 1. The second kappa shape index (κ2) is 6.17. The maximum absolute atomic E-state index is 5.96. The molecule has 7 heteroatoms. The van der Waals surface area contributed by atoms with Gasteiger partial charge in [-0.1, -0.05) is 12.1 Å². The van der Waals surface area contributed by atoms with Crippen molar-refractivity contribution in [3.05, 3.63) is 41.2 Å². The number of hydrogen-bond donors (Lipinski definition) is 3. The van der Waals surface area contributed by atoms with Gasteiger partial charge in [-0.15, -0.1) is 10.2 Å². The normalized spacial score (nSPS) is 22.7. The molecule has 0 atom stereocenters. The van der Waals surface area contributed by atoms with Crippen LogP contribution in [0.15, 0.2) is 18.2 Å². The molecule has 2 aliphatic carbocycles. The quantitative estimate of drug-likeness (QED) is 0.633. The van der Waals surface area contributed by atoms with Crippen molar-refractivity contribution < 1.29 is 0 Å². The van der Waals surface area contributed by atoms with Crippen molar-refractivity contribution in [2.24, 2.45) is 5.73 Å². The molecule has 4 N–H and O–H groups in total. The smallest absolute Gasteiger partial charge is 0.147 e. The molecule has 5 rings (SSSR count). The van der Waals surface area contributed by atoms with E-state index in [0.717, 1.165) is 41.3 Å². The minimum absolute atomic E-state index is 0.336. The van der Waals surface area contributed by atoms with E-state index in [-0.39, 0.29) is 0 Å². The molecule has 0 bridgehead atoms. The summed E-state index contributed by atoms with van der Waals surface area (Å²) in [6.07, 6.45) is 4.55. The average Bonchev–Trinajstić information content (AvgIpc) is 3.21. The molecule has 26 heavy (non-hydrogen) atoms.